The molecule has 0 aliphatic carbocycles. The van der Waals surface area contributed by atoms with Crippen LogP contribution in [-0.4, -0.2) is 29.5 Å². The van der Waals surface area contributed by atoms with Gasteiger partial charge in [0.1, 0.15) is 0 Å². The lowest BCUT2D eigenvalue weighted by Gasteiger charge is -1.97. The van der Waals surface area contributed by atoms with Gasteiger partial charge in [0.2, 0.25) is 0 Å². The molecule has 0 saturated carbocycles. The Hall–Kier alpha value is -0.380. The van der Waals surface area contributed by atoms with Crippen LogP contribution in [0, 0.1) is 6.92 Å². The second-order valence-electron chi connectivity index (χ2n) is 3.61. The average molecular weight is 350 g/mol. The molecule has 0 aliphatic heterocycles. The summed E-state index contributed by atoms with van der Waals surface area (Å²) in [5.74, 6) is 0.864. The number of halogens is 3. The highest BCUT2D eigenvalue weighted by Gasteiger charge is 2.44. The maximum Gasteiger partial charge on any atom is 0.522 e. The number of hydrogen-bond donors (Lipinski definition) is 3. The van der Waals surface area contributed by atoms with Crippen molar-refractivity contribution in [1.82, 2.24) is 0 Å². The Labute approximate surface area is 128 Å². The van der Waals surface area contributed by atoms with Gasteiger partial charge in [-0.25, -0.2) is 0 Å². The van der Waals surface area contributed by atoms with Crippen molar-refractivity contribution < 1.29 is 26.1 Å². The lowest BCUT2D eigenvalue weighted by molar-refractivity contribution is -0.0510. The lowest BCUT2D eigenvalue weighted by atomic mass is 10.2. The van der Waals surface area contributed by atoms with Crippen LogP contribution in [0.2, 0.25) is 0 Å². The van der Waals surface area contributed by atoms with Gasteiger partial charge < -0.3 is 0 Å². The largest absolute Gasteiger partial charge is 0.522 e. The molecule has 9 heteroatoms. The molecule has 1 N–H and O–H groups in total. The molecule has 1 unspecified atom stereocenters. The third kappa shape index (κ3) is 14.0. The smallest absolute Gasteiger partial charge is 0.279 e. The summed E-state index contributed by atoms with van der Waals surface area (Å²) in [5, 5.41) is 0.443. The zero-order chi connectivity index (χ0) is 16.4. The van der Waals surface area contributed by atoms with Crippen LogP contribution in [0.5, 0.6) is 0 Å². The molecule has 1 aromatic rings. The van der Waals surface area contributed by atoms with Crippen molar-refractivity contribution in [3.8, 4) is 0 Å². The van der Waals surface area contributed by atoms with E-state index in [0.29, 0.717) is 5.25 Å². The highest BCUT2D eigenvalue weighted by Crippen LogP contribution is 2.20. The van der Waals surface area contributed by atoms with E-state index in [1.165, 1.54) is 5.56 Å². The Morgan fingerprint density at radius 1 is 1.25 bits per heavy atom. The summed E-state index contributed by atoms with van der Waals surface area (Å²) in [6.45, 7) is 4.09. The second kappa shape index (κ2) is 10.4. The molecule has 3 nitrogen and oxygen atoms in total. The van der Waals surface area contributed by atoms with Crippen molar-refractivity contribution in [2.75, 3.05) is 5.75 Å². The molecule has 0 radical (unpaired) electrons. The molecule has 0 aromatic heterocycles. The minimum Gasteiger partial charge on any atom is -0.279 e. The Bertz CT molecular complexity index is 445. The van der Waals surface area contributed by atoms with Crippen LogP contribution in [0.1, 0.15) is 12.5 Å². The van der Waals surface area contributed by atoms with Gasteiger partial charge in [-0.3, -0.25) is 4.55 Å². The topological polar surface area (TPSA) is 54.4 Å². The number of hydrogen-bond acceptors (Lipinski definition) is 4. The number of rotatable bonds is 1. The summed E-state index contributed by atoms with van der Waals surface area (Å²) >= 11 is 7.96. The quantitative estimate of drug-likeness (QED) is 0.412. The van der Waals surface area contributed by atoms with Gasteiger partial charge in [0.15, 0.2) is 0 Å². The molecule has 0 aliphatic rings. The molecule has 1 aromatic carbocycles. The lowest BCUT2D eigenvalue weighted by Crippen LogP contribution is -2.21. The van der Waals surface area contributed by atoms with Crippen molar-refractivity contribution in [3.05, 3.63) is 35.9 Å². The van der Waals surface area contributed by atoms with Crippen LogP contribution in [0.25, 0.3) is 0 Å². The predicted molar refractivity (Wildman–Crippen MR) is 81.1 cm³/mol. The fraction of sp³-hybridized carbons (Fsp3) is 0.455. The molecule has 0 amide bonds. The van der Waals surface area contributed by atoms with Crippen LogP contribution in [-0.2, 0) is 10.1 Å². The van der Waals surface area contributed by atoms with E-state index in [9.17, 15) is 13.2 Å². The van der Waals surface area contributed by atoms with E-state index < -0.39 is 15.6 Å². The van der Waals surface area contributed by atoms with Crippen molar-refractivity contribution in [2.45, 2.75) is 24.6 Å². The molecule has 118 valence electrons. The molecule has 20 heavy (non-hydrogen) atoms. The van der Waals surface area contributed by atoms with E-state index in [0.717, 1.165) is 5.75 Å². The van der Waals surface area contributed by atoms with Gasteiger partial charge in [0.25, 0.3) is 0 Å². The Morgan fingerprint density at radius 2 is 1.55 bits per heavy atom. The molecular weight excluding hydrogens is 333 g/mol. The molecule has 0 spiro atoms. The third-order valence-corrected chi connectivity index (χ3v) is 3.10. The SMILES string of the molecule is CC(S)CS.Cc1ccccc1.O=S(=O)(O)C(F)(F)F. The van der Waals surface area contributed by atoms with E-state index >= 15 is 0 Å². The highest BCUT2D eigenvalue weighted by molar-refractivity contribution is 7.86. The maximum atomic E-state index is 10.7. The monoisotopic (exact) mass is 350 g/mol. The van der Waals surface area contributed by atoms with Crippen molar-refractivity contribution >= 4 is 35.4 Å². The standard InChI is InChI=1S/C7H8.C3H8S2.CHF3O3S/c1-7-5-3-2-4-6-7;1-3(5)2-4;2-1(3,4)8(5,6)7/h2-6H,1H3;3-5H,2H2,1H3;(H,5,6,7). The van der Waals surface area contributed by atoms with Crippen LogP contribution in [0.15, 0.2) is 30.3 Å². The summed E-state index contributed by atoms with van der Waals surface area (Å²) in [4.78, 5) is 0. The number of alkyl halides is 3. The first kappa shape index (κ1) is 21.9. The van der Waals surface area contributed by atoms with Crippen LogP contribution in [0.4, 0.5) is 13.2 Å². The average Bonchev–Trinajstić information content (AvgIpc) is 2.29. The van der Waals surface area contributed by atoms with Gasteiger partial charge >= 0.3 is 15.6 Å². The summed E-state index contributed by atoms with van der Waals surface area (Å²) < 4.78 is 57.5. The molecule has 0 saturated heterocycles. The Morgan fingerprint density at radius 3 is 1.65 bits per heavy atom. The second-order valence-corrected chi connectivity index (χ2v) is 6.27. The summed E-state index contributed by atoms with van der Waals surface area (Å²) in [7, 11) is -5.84. The maximum absolute atomic E-state index is 10.7. The summed E-state index contributed by atoms with van der Waals surface area (Å²) in [5.41, 5.74) is -4.21. The van der Waals surface area contributed by atoms with Crippen LogP contribution >= 0.6 is 25.3 Å². The number of benzene rings is 1. The minimum atomic E-state index is -5.84. The van der Waals surface area contributed by atoms with E-state index in [1.54, 1.807) is 0 Å². The molecule has 0 fully saturated rings. The normalized spacial score (nSPS) is 12.4. The van der Waals surface area contributed by atoms with E-state index in [4.69, 9.17) is 13.0 Å². The fourth-order valence-corrected chi connectivity index (χ4v) is 0.534. The van der Waals surface area contributed by atoms with Gasteiger partial charge in [-0.15, -0.1) is 0 Å². The fourth-order valence-electron chi connectivity index (χ4n) is 0.534. The highest BCUT2D eigenvalue weighted by atomic mass is 32.2. The first-order valence-electron chi connectivity index (χ1n) is 5.26. The number of aryl methyl sites for hydroxylation is 1. The van der Waals surface area contributed by atoms with Crippen LogP contribution in [0.3, 0.4) is 0 Å². The molecule has 1 rings (SSSR count). The molecule has 0 heterocycles. The summed E-state index contributed by atoms with van der Waals surface area (Å²) in [6.07, 6.45) is 0. The van der Waals surface area contributed by atoms with E-state index in [2.05, 4.69) is 44.3 Å². The molecule has 0 bridgehead atoms. The summed E-state index contributed by atoms with van der Waals surface area (Å²) in [6, 6.07) is 10.3. The van der Waals surface area contributed by atoms with Gasteiger partial charge in [0.05, 0.1) is 0 Å². The van der Waals surface area contributed by atoms with E-state index in [-0.39, 0.29) is 0 Å². The number of thiol groups is 2. The third-order valence-electron chi connectivity index (χ3n) is 1.50. The van der Waals surface area contributed by atoms with Crippen molar-refractivity contribution in [2.24, 2.45) is 0 Å². The van der Waals surface area contributed by atoms with Crippen molar-refractivity contribution in [3.63, 3.8) is 0 Å². The zero-order valence-corrected chi connectivity index (χ0v) is 13.5. The van der Waals surface area contributed by atoms with Gasteiger partial charge in [0, 0.05) is 11.0 Å². The predicted octanol–water partition coefficient (Wildman–Crippen LogP) is 3.62. The van der Waals surface area contributed by atoms with Crippen LogP contribution < -0.4 is 0 Å². The van der Waals surface area contributed by atoms with Gasteiger partial charge in [-0.05, 0) is 6.92 Å². The van der Waals surface area contributed by atoms with Gasteiger partial charge in [-0.1, -0.05) is 42.8 Å². The Balaban J connectivity index is 0. The van der Waals surface area contributed by atoms with Gasteiger partial charge in [-0.2, -0.15) is 46.8 Å². The first-order chi connectivity index (χ1) is 8.91. The molecule has 1 atom stereocenters. The minimum absolute atomic E-state index is 0.443. The zero-order valence-electron chi connectivity index (χ0n) is 10.9. The van der Waals surface area contributed by atoms with E-state index in [1.807, 2.05) is 25.1 Å². The first-order valence-corrected chi connectivity index (χ1v) is 7.85. The van der Waals surface area contributed by atoms with Crippen molar-refractivity contribution in [1.29, 1.82) is 0 Å². The molecular formula is C11H17F3O3S3. The Kier molecular flexibility index (Phi) is 11.4.